The third-order valence-electron chi connectivity index (χ3n) is 5.07. The van der Waals surface area contributed by atoms with Crippen molar-refractivity contribution in [3.63, 3.8) is 0 Å². The minimum absolute atomic E-state index is 0.0573. The topological polar surface area (TPSA) is 80.3 Å². The molecule has 0 fully saturated rings. The summed E-state index contributed by atoms with van der Waals surface area (Å²) in [5.74, 6) is -0.503. The van der Waals surface area contributed by atoms with Gasteiger partial charge in [-0.3, -0.25) is 0 Å². The normalized spacial score (nSPS) is 12.9. The Hall–Kier alpha value is -2.50. The maximum Gasteiger partial charge on any atom is 0.534 e. The third-order valence-corrected chi connectivity index (χ3v) is 6.05. The molecule has 0 heterocycles. The minimum atomic E-state index is -5.89. The van der Waals surface area contributed by atoms with Crippen LogP contribution in [0, 0.1) is 0 Å². The smallest absolute Gasteiger partial charge is 0.467 e. The summed E-state index contributed by atoms with van der Waals surface area (Å²) in [6.45, 7) is 7.78. The van der Waals surface area contributed by atoms with Gasteiger partial charge in [0.2, 0.25) is 0 Å². The standard InChI is InChI=1S/C26H37F3O7S/c1-19(2)9-7-10-20(3)11-8-12-21(4)13-14-23-24(34-17-32-5)15-22(16-25(23)35-18-33-6)36-37(30,31)26(27,28)29/h9,11,13,15-16H,7-8,10,12,14,17-18H2,1-6H3/b20-11+,21-13+. The van der Waals surface area contributed by atoms with Gasteiger partial charge in [0.15, 0.2) is 13.6 Å². The average Bonchev–Trinajstić information content (AvgIpc) is 2.79. The molecular formula is C26H37F3O7S. The van der Waals surface area contributed by atoms with Crippen molar-refractivity contribution in [2.75, 3.05) is 27.8 Å². The van der Waals surface area contributed by atoms with Gasteiger partial charge in [-0.2, -0.15) is 21.6 Å². The maximum atomic E-state index is 12.8. The van der Waals surface area contributed by atoms with E-state index in [0.29, 0.717) is 12.0 Å². The Kier molecular flexibility index (Phi) is 13.8. The van der Waals surface area contributed by atoms with Gasteiger partial charge in [-0.25, -0.2) is 0 Å². The van der Waals surface area contributed by atoms with Crippen molar-refractivity contribution in [1.82, 2.24) is 0 Å². The van der Waals surface area contributed by atoms with Gasteiger partial charge in [0.25, 0.3) is 0 Å². The first kappa shape index (κ1) is 32.5. The molecule has 11 heteroatoms. The molecule has 0 spiro atoms. The lowest BCUT2D eigenvalue weighted by Gasteiger charge is -2.18. The third kappa shape index (κ3) is 12.1. The van der Waals surface area contributed by atoms with Crippen molar-refractivity contribution >= 4 is 10.1 Å². The predicted molar refractivity (Wildman–Crippen MR) is 136 cm³/mol. The van der Waals surface area contributed by atoms with Gasteiger partial charge in [-0.1, -0.05) is 34.9 Å². The van der Waals surface area contributed by atoms with E-state index in [-0.39, 0.29) is 25.1 Å². The van der Waals surface area contributed by atoms with Crippen molar-refractivity contribution in [2.45, 2.75) is 65.3 Å². The SMILES string of the molecule is COCOc1cc(OS(=O)(=O)C(F)(F)F)cc(OCOC)c1C/C=C(\C)CC/C=C(\C)CCC=C(C)C. The molecule has 1 aromatic carbocycles. The Bertz CT molecular complexity index is 1030. The first-order valence-corrected chi connectivity index (χ1v) is 13.1. The molecule has 0 saturated heterocycles. The molecule has 0 radical (unpaired) electrons. The molecule has 1 rings (SSSR count). The lowest BCUT2D eigenvalue weighted by Crippen LogP contribution is -2.28. The number of halogens is 3. The van der Waals surface area contributed by atoms with E-state index in [4.69, 9.17) is 18.9 Å². The molecule has 0 aliphatic rings. The summed E-state index contributed by atoms with van der Waals surface area (Å²) in [5, 5.41) is 0. The number of rotatable bonds is 16. The summed E-state index contributed by atoms with van der Waals surface area (Å²) in [6, 6.07) is 2.11. The zero-order chi connectivity index (χ0) is 28.1. The number of benzene rings is 1. The molecule has 0 aliphatic carbocycles. The number of hydrogen-bond acceptors (Lipinski definition) is 7. The van der Waals surface area contributed by atoms with Crippen molar-refractivity contribution in [1.29, 1.82) is 0 Å². The summed E-state index contributed by atoms with van der Waals surface area (Å²) < 4.78 is 86.6. The van der Waals surface area contributed by atoms with E-state index >= 15 is 0 Å². The zero-order valence-electron chi connectivity index (χ0n) is 22.2. The van der Waals surface area contributed by atoms with Crippen LogP contribution in [0.5, 0.6) is 17.2 Å². The molecule has 0 amide bonds. The summed E-state index contributed by atoms with van der Waals surface area (Å²) in [4.78, 5) is 0. The fraction of sp³-hybridized carbons (Fsp3) is 0.538. The van der Waals surface area contributed by atoms with E-state index in [1.807, 2.05) is 13.0 Å². The van der Waals surface area contributed by atoms with Gasteiger partial charge in [0.05, 0.1) is 0 Å². The van der Waals surface area contributed by atoms with E-state index in [0.717, 1.165) is 43.4 Å². The Morgan fingerprint density at radius 2 is 1.32 bits per heavy atom. The monoisotopic (exact) mass is 550 g/mol. The molecule has 0 atom stereocenters. The zero-order valence-corrected chi connectivity index (χ0v) is 23.1. The van der Waals surface area contributed by atoms with Crippen LogP contribution >= 0.6 is 0 Å². The van der Waals surface area contributed by atoms with Crippen LogP contribution in [0.4, 0.5) is 13.2 Å². The second-order valence-corrected chi connectivity index (χ2v) is 10.2. The van der Waals surface area contributed by atoms with Crippen molar-refractivity contribution in [3.05, 3.63) is 52.6 Å². The van der Waals surface area contributed by atoms with E-state index in [1.54, 1.807) is 0 Å². The fourth-order valence-electron chi connectivity index (χ4n) is 3.14. The van der Waals surface area contributed by atoms with Crippen LogP contribution in [0.15, 0.2) is 47.1 Å². The minimum Gasteiger partial charge on any atom is -0.467 e. The maximum absolute atomic E-state index is 12.8. The first-order chi connectivity index (χ1) is 17.3. The van der Waals surface area contributed by atoms with Crippen LogP contribution in [-0.4, -0.2) is 41.7 Å². The molecule has 0 saturated carbocycles. The van der Waals surface area contributed by atoms with Crippen LogP contribution in [0.2, 0.25) is 0 Å². The second kappa shape index (κ2) is 15.7. The number of allylic oxidation sites excluding steroid dienone is 6. The van der Waals surface area contributed by atoms with E-state index < -0.39 is 21.4 Å². The summed E-state index contributed by atoms with van der Waals surface area (Å²) in [5.41, 5.74) is -1.41. The van der Waals surface area contributed by atoms with Crippen LogP contribution < -0.4 is 13.7 Å². The number of ether oxygens (including phenoxy) is 4. The highest BCUT2D eigenvalue weighted by atomic mass is 32.2. The quantitative estimate of drug-likeness (QED) is 0.0965. The Morgan fingerprint density at radius 3 is 1.78 bits per heavy atom. The van der Waals surface area contributed by atoms with Crippen LogP contribution in [0.25, 0.3) is 0 Å². The van der Waals surface area contributed by atoms with Crippen LogP contribution in [0.1, 0.15) is 58.9 Å². The highest BCUT2D eigenvalue weighted by Gasteiger charge is 2.48. The van der Waals surface area contributed by atoms with Gasteiger partial charge >= 0.3 is 15.6 Å². The number of methoxy groups -OCH3 is 2. The molecule has 0 bridgehead atoms. The van der Waals surface area contributed by atoms with Crippen LogP contribution in [0.3, 0.4) is 0 Å². The Balaban J connectivity index is 3.15. The highest BCUT2D eigenvalue weighted by Crippen LogP contribution is 2.37. The fourth-order valence-corrected chi connectivity index (χ4v) is 3.58. The molecular weight excluding hydrogens is 513 g/mol. The molecule has 1 aromatic rings. The predicted octanol–water partition coefficient (Wildman–Crippen LogP) is 6.84. The highest BCUT2D eigenvalue weighted by molar-refractivity contribution is 7.88. The average molecular weight is 551 g/mol. The van der Waals surface area contributed by atoms with Gasteiger partial charge in [0.1, 0.15) is 17.2 Å². The molecule has 0 aromatic heterocycles. The molecule has 210 valence electrons. The Labute approximate surface area is 218 Å². The van der Waals surface area contributed by atoms with E-state index in [9.17, 15) is 21.6 Å². The summed E-state index contributed by atoms with van der Waals surface area (Å²) in [6.07, 6.45) is 10.4. The van der Waals surface area contributed by atoms with Crippen molar-refractivity contribution in [2.24, 2.45) is 0 Å². The second-order valence-electron chi connectivity index (χ2n) is 8.65. The molecule has 0 N–H and O–H groups in total. The lowest BCUT2D eigenvalue weighted by molar-refractivity contribution is -0.0500. The number of alkyl halides is 3. The van der Waals surface area contributed by atoms with Gasteiger partial charge in [0, 0.05) is 31.9 Å². The first-order valence-electron chi connectivity index (χ1n) is 11.7. The Morgan fingerprint density at radius 1 is 0.838 bits per heavy atom. The van der Waals surface area contributed by atoms with Crippen LogP contribution in [-0.2, 0) is 26.0 Å². The van der Waals surface area contributed by atoms with E-state index in [2.05, 4.69) is 37.1 Å². The van der Waals surface area contributed by atoms with Gasteiger partial charge in [-0.15, -0.1) is 0 Å². The largest absolute Gasteiger partial charge is 0.534 e. The van der Waals surface area contributed by atoms with Crippen molar-refractivity contribution in [3.8, 4) is 17.2 Å². The number of hydrogen-bond donors (Lipinski definition) is 0. The summed E-state index contributed by atoms with van der Waals surface area (Å²) in [7, 11) is -3.14. The van der Waals surface area contributed by atoms with Gasteiger partial charge < -0.3 is 23.1 Å². The summed E-state index contributed by atoms with van der Waals surface area (Å²) >= 11 is 0. The molecule has 0 unspecified atom stereocenters. The van der Waals surface area contributed by atoms with Gasteiger partial charge in [-0.05, 0) is 59.8 Å². The lowest BCUT2D eigenvalue weighted by atomic mass is 10.0. The van der Waals surface area contributed by atoms with Crippen molar-refractivity contribution < 1.29 is 44.7 Å². The molecule has 0 aliphatic heterocycles. The molecule has 37 heavy (non-hydrogen) atoms. The van der Waals surface area contributed by atoms with E-state index in [1.165, 1.54) is 25.4 Å². The molecule has 7 nitrogen and oxygen atoms in total.